The zero-order valence-corrected chi connectivity index (χ0v) is 17.6. The second-order valence-corrected chi connectivity index (χ2v) is 8.63. The maximum atomic E-state index is 6.36. The van der Waals surface area contributed by atoms with Crippen LogP contribution in [-0.4, -0.2) is 0 Å². The van der Waals surface area contributed by atoms with Crippen LogP contribution in [0.4, 0.5) is 5.69 Å². The summed E-state index contributed by atoms with van der Waals surface area (Å²) in [5.74, 6) is 0. The van der Waals surface area contributed by atoms with Crippen molar-refractivity contribution in [3.63, 3.8) is 0 Å². The molecule has 1 nitrogen and oxygen atoms in total. The maximum Gasteiger partial charge on any atom is 0.0643 e. The van der Waals surface area contributed by atoms with Crippen molar-refractivity contribution in [3.8, 4) is 0 Å². The lowest BCUT2D eigenvalue weighted by atomic mass is 9.81. The Balaban J connectivity index is 2.51. The molecule has 0 heterocycles. The Morgan fingerprint density at radius 1 is 1.08 bits per heavy atom. The van der Waals surface area contributed by atoms with Gasteiger partial charge in [-0.3, -0.25) is 0 Å². The van der Waals surface area contributed by atoms with Crippen LogP contribution in [0.25, 0.3) is 5.70 Å². The summed E-state index contributed by atoms with van der Waals surface area (Å²) in [5.41, 5.74) is 7.84. The molecule has 0 aliphatic rings. The number of anilines is 1. The van der Waals surface area contributed by atoms with Crippen LogP contribution in [0.2, 0.25) is 5.02 Å². The van der Waals surface area contributed by atoms with E-state index in [1.807, 2.05) is 25.1 Å². The SMILES string of the molecule is C=C(Nc1ccc(C)cc1Cl)c1c(C)c(Br)cc(C(C)(C)C)c1C. The Hall–Kier alpha value is -1.25. The average Bonchev–Trinajstić information content (AvgIpc) is 2.45. The second-order valence-electron chi connectivity index (χ2n) is 7.37. The zero-order chi connectivity index (χ0) is 18.2. The van der Waals surface area contributed by atoms with Crippen LogP contribution in [0.15, 0.2) is 35.3 Å². The van der Waals surface area contributed by atoms with Crippen LogP contribution in [0.5, 0.6) is 0 Å². The molecule has 0 aliphatic heterocycles. The van der Waals surface area contributed by atoms with E-state index in [4.69, 9.17) is 11.6 Å². The third kappa shape index (κ3) is 3.87. The molecule has 0 saturated heterocycles. The van der Waals surface area contributed by atoms with E-state index < -0.39 is 0 Å². The minimum Gasteiger partial charge on any atom is -0.354 e. The molecule has 2 aromatic rings. The van der Waals surface area contributed by atoms with Crippen LogP contribution in [0.1, 0.15) is 48.6 Å². The van der Waals surface area contributed by atoms with E-state index >= 15 is 0 Å². The number of benzene rings is 2. The van der Waals surface area contributed by atoms with Gasteiger partial charge in [0.25, 0.3) is 0 Å². The topological polar surface area (TPSA) is 12.0 Å². The molecule has 0 amide bonds. The number of aryl methyl sites for hydroxylation is 1. The van der Waals surface area contributed by atoms with Gasteiger partial charge in [-0.05, 0) is 66.6 Å². The zero-order valence-electron chi connectivity index (χ0n) is 15.3. The Bertz CT molecular complexity index is 800. The molecule has 0 aliphatic carbocycles. The number of nitrogens with one attached hydrogen (secondary N) is 1. The van der Waals surface area contributed by atoms with Gasteiger partial charge in [-0.1, -0.05) is 60.9 Å². The van der Waals surface area contributed by atoms with Gasteiger partial charge >= 0.3 is 0 Å². The fourth-order valence-electron chi connectivity index (χ4n) is 3.06. The highest BCUT2D eigenvalue weighted by molar-refractivity contribution is 9.10. The molecule has 0 bridgehead atoms. The highest BCUT2D eigenvalue weighted by Gasteiger charge is 2.22. The lowest BCUT2D eigenvalue weighted by Gasteiger charge is -2.26. The van der Waals surface area contributed by atoms with Crippen molar-refractivity contribution >= 4 is 38.9 Å². The molecule has 0 radical (unpaired) electrons. The molecule has 0 fully saturated rings. The van der Waals surface area contributed by atoms with Crippen molar-refractivity contribution in [2.24, 2.45) is 0 Å². The average molecular weight is 407 g/mol. The first kappa shape index (κ1) is 19.1. The summed E-state index contributed by atoms with van der Waals surface area (Å²) in [6.07, 6.45) is 0. The molecule has 2 aromatic carbocycles. The molecule has 0 atom stereocenters. The molecule has 2 rings (SSSR count). The molecule has 24 heavy (non-hydrogen) atoms. The van der Waals surface area contributed by atoms with Gasteiger partial charge in [0, 0.05) is 15.7 Å². The van der Waals surface area contributed by atoms with E-state index in [0.717, 1.165) is 27.0 Å². The van der Waals surface area contributed by atoms with Crippen molar-refractivity contribution in [2.75, 3.05) is 5.32 Å². The van der Waals surface area contributed by atoms with Crippen LogP contribution in [0, 0.1) is 20.8 Å². The third-order valence-electron chi connectivity index (χ3n) is 4.30. The fraction of sp³-hybridized carbons (Fsp3) is 0.333. The van der Waals surface area contributed by atoms with E-state index in [1.165, 1.54) is 16.7 Å². The number of rotatable bonds is 3. The summed E-state index contributed by atoms with van der Waals surface area (Å²) in [6, 6.07) is 8.22. The van der Waals surface area contributed by atoms with Gasteiger partial charge in [-0.15, -0.1) is 0 Å². The largest absolute Gasteiger partial charge is 0.354 e. The minimum atomic E-state index is 0.0663. The first-order valence-electron chi connectivity index (χ1n) is 8.05. The molecule has 3 heteroatoms. The van der Waals surface area contributed by atoms with E-state index in [9.17, 15) is 0 Å². The summed E-state index contributed by atoms with van der Waals surface area (Å²) < 4.78 is 1.10. The lowest BCUT2D eigenvalue weighted by molar-refractivity contribution is 0.585. The van der Waals surface area contributed by atoms with E-state index in [-0.39, 0.29) is 5.41 Å². The molecule has 0 saturated carbocycles. The summed E-state index contributed by atoms with van der Waals surface area (Å²) >= 11 is 10.1. The monoisotopic (exact) mass is 405 g/mol. The third-order valence-corrected chi connectivity index (χ3v) is 5.44. The lowest BCUT2D eigenvalue weighted by Crippen LogP contribution is -2.16. The molecule has 128 valence electrons. The van der Waals surface area contributed by atoms with Gasteiger partial charge in [-0.25, -0.2) is 0 Å². The smallest absolute Gasteiger partial charge is 0.0643 e. The van der Waals surface area contributed by atoms with E-state index in [0.29, 0.717) is 5.02 Å². The Labute approximate surface area is 159 Å². The van der Waals surface area contributed by atoms with Crippen LogP contribution >= 0.6 is 27.5 Å². The Kier molecular flexibility index (Phi) is 5.51. The van der Waals surface area contributed by atoms with Crippen molar-refractivity contribution in [1.29, 1.82) is 0 Å². The first-order valence-corrected chi connectivity index (χ1v) is 9.22. The van der Waals surface area contributed by atoms with Gasteiger partial charge in [0.15, 0.2) is 0 Å². The predicted octanol–water partition coefficient (Wildman–Crippen LogP) is 7.41. The summed E-state index contributed by atoms with van der Waals surface area (Å²) in [5, 5.41) is 4.10. The van der Waals surface area contributed by atoms with Crippen molar-refractivity contribution in [2.45, 2.75) is 47.0 Å². The van der Waals surface area contributed by atoms with Crippen LogP contribution in [-0.2, 0) is 5.41 Å². The molecule has 0 spiro atoms. The minimum absolute atomic E-state index is 0.0663. The molecular formula is C21H25BrClN. The van der Waals surface area contributed by atoms with Crippen molar-refractivity contribution < 1.29 is 0 Å². The number of halogens is 2. The van der Waals surface area contributed by atoms with Gasteiger partial charge in [0.1, 0.15) is 0 Å². The van der Waals surface area contributed by atoms with Gasteiger partial charge in [0.2, 0.25) is 0 Å². The molecule has 1 N–H and O–H groups in total. The van der Waals surface area contributed by atoms with E-state index in [1.54, 1.807) is 0 Å². The summed E-state index contributed by atoms with van der Waals surface area (Å²) in [6.45, 7) is 17.3. The van der Waals surface area contributed by atoms with Crippen LogP contribution < -0.4 is 5.32 Å². The Morgan fingerprint density at radius 3 is 2.25 bits per heavy atom. The Morgan fingerprint density at radius 2 is 1.71 bits per heavy atom. The molecule has 0 aromatic heterocycles. The number of hydrogen-bond acceptors (Lipinski definition) is 1. The number of hydrogen-bond donors (Lipinski definition) is 1. The normalized spacial score (nSPS) is 11.5. The quantitative estimate of drug-likeness (QED) is 0.559. The predicted molar refractivity (Wildman–Crippen MR) is 111 cm³/mol. The highest BCUT2D eigenvalue weighted by Crippen LogP contribution is 2.37. The van der Waals surface area contributed by atoms with Gasteiger partial charge in [-0.2, -0.15) is 0 Å². The first-order chi connectivity index (χ1) is 11.0. The molecule has 0 unspecified atom stereocenters. The highest BCUT2D eigenvalue weighted by atomic mass is 79.9. The summed E-state index contributed by atoms with van der Waals surface area (Å²) in [4.78, 5) is 0. The fourth-order valence-corrected chi connectivity index (χ4v) is 3.77. The van der Waals surface area contributed by atoms with Crippen molar-refractivity contribution in [1.82, 2.24) is 0 Å². The van der Waals surface area contributed by atoms with Crippen LogP contribution in [0.3, 0.4) is 0 Å². The summed E-state index contributed by atoms with van der Waals surface area (Å²) in [7, 11) is 0. The maximum absolute atomic E-state index is 6.36. The standard InChI is InChI=1S/C21H25BrClN/c1-12-8-9-19(18(23)10-12)24-15(4)20-13(2)16(21(5,6)7)11-17(22)14(20)3/h8-11,24H,4H2,1-3,5-7H3. The van der Waals surface area contributed by atoms with Gasteiger partial charge in [0.05, 0.1) is 10.7 Å². The van der Waals surface area contributed by atoms with E-state index in [2.05, 4.69) is 68.5 Å². The van der Waals surface area contributed by atoms with Gasteiger partial charge < -0.3 is 5.32 Å². The van der Waals surface area contributed by atoms with Crippen molar-refractivity contribution in [3.05, 3.63) is 68.2 Å². The molecular weight excluding hydrogens is 382 g/mol. The second kappa shape index (κ2) is 6.93.